The number of nitrogens with two attached hydrogens (primary N) is 1. The van der Waals surface area contributed by atoms with Crippen molar-refractivity contribution in [2.45, 2.75) is 12.5 Å². The van der Waals surface area contributed by atoms with Crippen LogP contribution in [-0.2, 0) is 0 Å². The van der Waals surface area contributed by atoms with Gasteiger partial charge in [-0.15, -0.1) is 12.4 Å². The summed E-state index contributed by atoms with van der Waals surface area (Å²) in [6.45, 7) is -0.384. The molecule has 2 N–H and O–H groups in total. The second-order valence-electron chi connectivity index (χ2n) is 2.79. The summed E-state index contributed by atoms with van der Waals surface area (Å²) in [6.07, 6.45) is 0.364. The number of alkyl halides is 1. The summed E-state index contributed by atoms with van der Waals surface area (Å²) in [7, 11) is 0. The first-order chi connectivity index (χ1) is 6.13. The van der Waals surface area contributed by atoms with E-state index in [9.17, 15) is 4.39 Å². The Morgan fingerprint density at radius 2 is 1.71 bits per heavy atom. The van der Waals surface area contributed by atoms with Gasteiger partial charge in [0.15, 0.2) is 0 Å². The molecule has 1 aromatic carbocycles. The number of hydrogen-bond donors (Lipinski definition) is 1. The molecule has 0 aliphatic rings. The monoisotopic (exact) mass is 345 g/mol. The molecule has 0 saturated carbocycles. The Bertz CT molecular complexity index is 276. The first-order valence-electron chi connectivity index (χ1n) is 3.91. The summed E-state index contributed by atoms with van der Waals surface area (Å²) in [5, 5.41) is 0. The average Bonchev–Trinajstić information content (AvgIpc) is 2.03. The van der Waals surface area contributed by atoms with Crippen LogP contribution in [0, 0.1) is 0 Å². The lowest BCUT2D eigenvalue weighted by Gasteiger charge is -2.10. The molecule has 14 heavy (non-hydrogen) atoms. The fraction of sp³-hybridized carbons (Fsp3) is 0.333. The molecule has 0 saturated heterocycles. The molecular weight excluding hydrogens is 336 g/mol. The highest BCUT2D eigenvalue weighted by molar-refractivity contribution is 9.11. The Hall–Kier alpha value is 0.360. The molecule has 0 amide bonds. The van der Waals surface area contributed by atoms with E-state index >= 15 is 0 Å². The van der Waals surface area contributed by atoms with Crippen molar-refractivity contribution in [1.29, 1.82) is 0 Å². The SMILES string of the molecule is Cl.N[C@H](CCF)c1cc(Br)cc(Br)c1. The van der Waals surface area contributed by atoms with E-state index in [1.54, 1.807) is 0 Å². The maximum Gasteiger partial charge on any atom is 0.0912 e. The van der Waals surface area contributed by atoms with Gasteiger partial charge in [-0.3, -0.25) is 4.39 Å². The first-order valence-corrected chi connectivity index (χ1v) is 5.49. The van der Waals surface area contributed by atoms with Gasteiger partial charge in [0.2, 0.25) is 0 Å². The molecule has 0 fully saturated rings. The van der Waals surface area contributed by atoms with Gasteiger partial charge in [-0.25, -0.2) is 0 Å². The second-order valence-corrected chi connectivity index (χ2v) is 4.62. The number of benzene rings is 1. The standard InChI is InChI=1S/C9H10Br2FN.ClH/c10-7-3-6(4-8(11)5-7)9(13)1-2-12;/h3-5,9H,1-2,13H2;1H/t9-;/m1./s1. The van der Waals surface area contributed by atoms with Crippen molar-refractivity contribution >= 4 is 44.3 Å². The number of halogens is 4. The summed E-state index contributed by atoms with van der Waals surface area (Å²) in [5.74, 6) is 0. The number of rotatable bonds is 3. The maximum atomic E-state index is 12.0. The molecule has 80 valence electrons. The van der Waals surface area contributed by atoms with E-state index in [1.165, 1.54) is 0 Å². The minimum absolute atomic E-state index is 0. The third-order valence-corrected chi connectivity index (χ3v) is 2.65. The van der Waals surface area contributed by atoms with E-state index in [1.807, 2.05) is 18.2 Å². The van der Waals surface area contributed by atoms with Gasteiger partial charge in [-0.2, -0.15) is 0 Å². The Labute approximate surface area is 106 Å². The smallest absolute Gasteiger partial charge is 0.0912 e. The zero-order valence-electron chi connectivity index (χ0n) is 7.34. The molecule has 0 unspecified atom stereocenters. The zero-order valence-corrected chi connectivity index (χ0v) is 11.3. The van der Waals surface area contributed by atoms with Crippen LogP contribution in [0.5, 0.6) is 0 Å². The van der Waals surface area contributed by atoms with Crippen molar-refractivity contribution in [2.75, 3.05) is 6.67 Å². The van der Waals surface area contributed by atoms with E-state index in [0.717, 1.165) is 14.5 Å². The van der Waals surface area contributed by atoms with Crippen molar-refractivity contribution < 1.29 is 4.39 Å². The maximum absolute atomic E-state index is 12.0. The molecule has 1 rings (SSSR count). The molecule has 1 atom stereocenters. The summed E-state index contributed by atoms with van der Waals surface area (Å²) < 4.78 is 13.9. The lowest BCUT2D eigenvalue weighted by molar-refractivity contribution is 0.442. The fourth-order valence-corrected chi connectivity index (χ4v) is 2.40. The van der Waals surface area contributed by atoms with E-state index in [-0.39, 0.29) is 25.1 Å². The molecule has 0 aliphatic heterocycles. The van der Waals surface area contributed by atoms with Gasteiger partial charge in [-0.1, -0.05) is 31.9 Å². The van der Waals surface area contributed by atoms with Crippen molar-refractivity contribution in [3.05, 3.63) is 32.7 Å². The molecule has 0 aromatic heterocycles. The van der Waals surface area contributed by atoms with Gasteiger partial charge in [-0.05, 0) is 30.2 Å². The van der Waals surface area contributed by atoms with Crippen LogP contribution in [0.4, 0.5) is 4.39 Å². The van der Waals surface area contributed by atoms with Gasteiger partial charge in [0.25, 0.3) is 0 Å². The van der Waals surface area contributed by atoms with E-state index < -0.39 is 0 Å². The average molecular weight is 347 g/mol. The highest BCUT2D eigenvalue weighted by atomic mass is 79.9. The summed E-state index contributed by atoms with van der Waals surface area (Å²) in [4.78, 5) is 0. The molecule has 0 radical (unpaired) electrons. The van der Waals surface area contributed by atoms with Gasteiger partial charge >= 0.3 is 0 Å². The summed E-state index contributed by atoms with van der Waals surface area (Å²) in [5.41, 5.74) is 6.71. The lowest BCUT2D eigenvalue weighted by atomic mass is 10.1. The Balaban J connectivity index is 0.00000169. The summed E-state index contributed by atoms with van der Waals surface area (Å²) in [6, 6.07) is 5.51. The second kappa shape index (κ2) is 6.77. The third-order valence-electron chi connectivity index (χ3n) is 1.73. The van der Waals surface area contributed by atoms with Crippen LogP contribution in [-0.4, -0.2) is 6.67 Å². The Kier molecular flexibility index (Phi) is 6.95. The topological polar surface area (TPSA) is 26.0 Å². The molecule has 0 spiro atoms. The van der Waals surface area contributed by atoms with Crippen LogP contribution in [0.15, 0.2) is 27.1 Å². The van der Waals surface area contributed by atoms with Crippen LogP contribution in [0.25, 0.3) is 0 Å². The van der Waals surface area contributed by atoms with Gasteiger partial charge < -0.3 is 5.73 Å². The lowest BCUT2D eigenvalue weighted by Crippen LogP contribution is -2.10. The molecule has 5 heteroatoms. The van der Waals surface area contributed by atoms with Crippen molar-refractivity contribution in [3.8, 4) is 0 Å². The zero-order chi connectivity index (χ0) is 9.84. The van der Waals surface area contributed by atoms with Crippen molar-refractivity contribution in [3.63, 3.8) is 0 Å². The quantitative estimate of drug-likeness (QED) is 0.879. The summed E-state index contributed by atoms with van der Waals surface area (Å²) >= 11 is 6.71. The molecular formula is C9H11Br2ClFN. The van der Waals surface area contributed by atoms with Crippen molar-refractivity contribution in [2.24, 2.45) is 5.73 Å². The minimum Gasteiger partial charge on any atom is -0.324 e. The molecule has 1 nitrogen and oxygen atoms in total. The fourth-order valence-electron chi connectivity index (χ4n) is 1.07. The molecule has 0 heterocycles. The van der Waals surface area contributed by atoms with Crippen molar-refractivity contribution in [1.82, 2.24) is 0 Å². The van der Waals surface area contributed by atoms with Gasteiger partial charge in [0, 0.05) is 15.0 Å². The van der Waals surface area contributed by atoms with Crippen LogP contribution in [0.2, 0.25) is 0 Å². The normalized spacial score (nSPS) is 12.0. The predicted molar refractivity (Wildman–Crippen MR) is 66.6 cm³/mol. The predicted octanol–water partition coefficient (Wildman–Crippen LogP) is 3.99. The van der Waals surface area contributed by atoms with Gasteiger partial charge in [0.05, 0.1) is 6.67 Å². The first kappa shape index (κ1) is 14.4. The minimum atomic E-state index is -0.384. The van der Waals surface area contributed by atoms with E-state index in [4.69, 9.17) is 5.73 Å². The van der Waals surface area contributed by atoms with Crippen LogP contribution in [0.1, 0.15) is 18.0 Å². The highest BCUT2D eigenvalue weighted by Gasteiger charge is 2.06. The Morgan fingerprint density at radius 3 is 2.14 bits per heavy atom. The van der Waals surface area contributed by atoms with E-state index in [0.29, 0.717) is 6.42 Å². The largest absolute Gasteiger partial charge is 0.324 e. The molecule has 0 aliphatic carbocycles. The number of hydrogen-bond acceptors (Lipinski definition) is 1. The van der Waals surface area contributed by atoms with Crippen LogP contribution >= 0.6 is 44.3 Å². The van der Waals surface area contributed by atoms with Gasteiger partial charge in [0.1, 0.15) is 0 Å². The molecule has 1 aromatic rings. The third kappa shape index (κ3) is 4.26. The van der Waals surface area contributed by atoms with Crippen LogP contribution < -0.4 is 5.73 Å². The highest BCUT2D eigenvalue weighted by Crippen LogP contribution is 2.24. The van der Waals surface area contributed by atoms with Crippen LogP contribution in [0.3, 0.4) is 0 Å². The van der Waals surface area contributed by atoms with E-state index in [2.05, 4.69) is 31.9 Å². The molecule has 0 bridgehead atoms. The Morgan fingerprint density at radius 1 is 1.21 bits per heavy atom.